The molecule has 0 aromatic heterocycles. The number of alkyl halides is 3. The standard InChI is InChI=1S/C21H25BF3NO4/c1-13-16(22-30-20(4,5)19(2,3)28)7-6-8-17(13)26-18(27)14-9-11-15(12-10-14)29-21(23,24)25/h6-12,22,28H,1-5H3,(H,26,27). The van der Waals surface area contributed by atoms with Gasteiger partial charge in [-0.3, -0.25) is 4.79 Å². The summed E-state index contributed by atoms with van der Waals surface area (Å²) in [4.78, 5) is 12.5. The number of nitrogens with one attached hydrogen (secondary N) is 1. The van der Waals surface area contributed by atoms with E-state index in [1.165, 1.54) is 12.1 Å². The van der Waals surface area contributed by atoms with E-state index in [0.29, 0.717) is 5.69 Å². The van der Waals surface area contributed by atoms with Gasteiger partial charge in [-0.15, -0.1) is 13.2 Å². The number of ether oxygens (including phenoxy) is 1. The Morgan fingerprint density at radius 1 is 1.03 bits per heavy atom. The first kappa shape index (κ1) is 23.8. The van der Waals surface area contributed by atoms with Crippen LogP contribution in [0.5, 0.6) is 5.75 Å². The lowest BCUT2D eigenvalue weighted by molar-refractivity contribution is -0.274. The second-order valence-electron chi connectivity index (χ2n) is 7.97. The van der Waals surface area contributed by atoms with Crippen molar-refractivity contribution in [1.29, 1.82) is 0 Å². The molecule has 162 valence electrons. The molecular formula is C21H25BF3NO4. The van der Waals surface area contributed by atoms with Crippen LogP contribution in [0.25, 0.3) is 0 Å². The number of halogens is 3. The Balaban J connectivity index is 2.10. The fourth-order valence-electron chi connectivity index (χ4n) is 2.41. The zero-order chi connectivity index (χ0) is 22.7. The van der Waals surface area contributed by atoms with Crippen LogP contribution in [0.2, 0.25) is 0 Å². The average molecular weight is 423 g/mol. The van der Waals surface area contributed by atoms with E-state index in [-0.39, 0.29) is 13.0 Å². The number of carbonyl (C=O) groups excluding carboxylic acids is 1. The van der Waals surface area contributed by atoms with Crippen molar-refractivity contribution < 1.29 is 32.5 Å². The summed E-state index contributed by atoms with van der Waals surface area (Å²) >= 11 is 0. The van der Waals surface area contributed by atoms with Crippen LogP contribution in [0.1, 0.15) is 43.6 Å². The quantitative estimate of drug-likeness (QED) is 0.667. The molecule has 2 aromatic rings. The molecular weight excluding hydrogens is 398 g/mol. The normalized spacial score (nSPS) is 12.4. The van der Waals surface area contributed by atoms with Gasteiger partial charge < -0.3 is 19.8 Å². The maximum Gasteiger partial charge on any atom is 0.573 e. The molecule has 0 radical (unpaired) electrons. The molecule has 0 aliphatic carbocycles. The first-order chi connectivity index (χ1) is 13.7. The highest BCUT2D eigenvalue weighted by atomic mass is 19.4. The van der Waals surface area contributed by atoms with Crippen molar-refractivity contribution in [3.63, 3.8) is 0 Å². The third-order valence-corrected chi connectivity index (χ3v) is 5.11. The highest BCUT2D eigenvalue weighted by molar-refractivity contribution is 6.48. The smallest absolute Gasteiger partial charge is 0.427 e. The minimum atomic E-state index is -4.79. The second kappa shape index (κ2) is 8.69. The number of rotatable bonds is 7. The summed E-state index contributed by atoms with van der Waals surface area (Å²) in [5.41, 5.74) is 0.521. The highest BCUT2D eigenvalue weighted by Crippen LogP contribution is 2.25. The van der Waals surface area contributed by atoms with Crippen LogP contribution in [0, 0.1) is 6.92 Å². The van der Waals surface area contributed by atoms with Crippen molar-refractivity contribution >= 4 is 24.5 Å². The molecule has 2 aromatic carbocycles. The Labute approximate surface area is 174 Å². The molecule has 0 unspecified atom stereocenters. The van der Waals surface area contributed by atoms with Crippen molar-refractivity contribution in [2.45, 2.75) is 52.2 Å². The van der Waals surface area contributed by atoms with Crippen LogP contribution < -0.4 is 15.5 Å². The molecule has 30 heavy (non-hydrogen) atoms. The zero-order valence-corrected chi connectivity index (χ0v) is 17.6. The summed E-state index contributed by atoms with van der Waals surface area (Å²) in [5.74, 6) is -0.865. The predicted octanol–water partition coefficient (Wildman–Crippen LogP) is 3.69. The van der Waals surface area contributed by atoms with E-state index < -0.39 is 29.2 Å². The Kier molecular flexibility index (Phi) is 6.88. The van der Waals surface area contributed by atoms with Gasteiger partial charge in [0.15, 0.2) is 0 Å². The zero-order valence-electron chi connectivity index (χ0n) is 17.6. The second-order valence-corrected chi connectivity index (χ2v) is 7.97. The molecule has 1 amide bonds. The minimum absolute atomic E-state index is 0.189. The van der Waals surface area contributed by atoms with Gasteiger partial charge in [-0.1, -0.05) is 12.1 Å². The molecule has 2 rings (SSSR count). The number of carbonyl (C=O) groups is 1. The van der Waals surface area contributed by atoms with Gasteiger partial charge in [0.25, 0.3) is 5.91 Å². The van der Waals surface area contributed by atoms with Gasteiger partial charge in [-0.05, 0) is 76.0 Å². The summed E-state index contributed by atoms with van der Waals surface area (Å²) < 4.78 is 46.4. The third-order valence-electron chi connectivity index (χ3n) is 5.11. The maximum atomic E-state index is 12.5. The molecule has 0 aliphatic rings. The first-order valence-electron chi connectivity index (χ1n) is 9.31. The highest BCUT2D eigenvalue weighted by Gasteiger charge is 2.35. The lowest BCUT2D eigenvalue weighted by atomic mass is 9.80. The van der Waals surface area contributed by atoms with Gasteiger partial charge in [-0.2, -0.15) is 0 Å². The van der Waals surface area contributed by atoms with Crippen LogP contribution in [-0.2, 0) is 4.65 Å². The molecule has 5 nitrogen and oxygen atoms in total. The molecule has 0 saturated heterocycles. The number of hydrogen-bond acceptors (Lipinski definition) is 4. The molecule has 0 heterocycles. The van der Waals surface area contributed by atoms with Gasteiger partial charge in [-0.25, -0.2) is 0 Å². The maximum absolute atomic E-state index is 12.5. The van der Waals surface area contributed by atoms with E-state index >= 15 is 0 Å². The Morgan fingerprint density at radius 3 is 2.17 bits per heavy atom. The molecule has 0 fully saturated rings. The average Bonchev–Trinajstić information content (AvgIpc) is 2.60. The number of amides is 1. The predicted molar refractivity (Wildman–Crippen MR) is 111 cm³/mol. The molecule has 0 aliphatic heterocycles. The number of hydrogen-bond donors (Lipinski definition) is 2. The van der Waals surface area contributed by atoms with Crippen LogP contribution in [0.15, 0.2) is 42.5 Å². The van der Waals surface area contributed by atoms with Gasteiger partial charge in [0, 0.05) is 11.3 Å². The van der Waals surface area contributed by atoms with E-state index in [9.17, 15) is 23.1 Å². The minimum Gasteiger partial charge on any atom is -0.427 e. The van der Waals surface area contributed by atoms with Crippen molar-refractivity contribution in [2.75, 3.05) is 5.32 Å². The molecule has 0 atom stereocenters. The summed E-state index contributed by atoms with van der Waals surface area (Å²) in [6.45, 7) is 8.75. The summed E-state index contributed by atoms with van der Waals surface area (Å²) in [6.07, 6.45) is -4.79. The molecule has 9 heteroatoms. The van der Waals surface area contributed by atoms with Crippen LogP contribution in [0.3, 0.4) is 0 Å². The fraction of sp³-hybridized carbons (Fsp3) is 0.381. The van der Waals surface area contributed by atoms with Gasteiger partial charge in [0.05, 0.1) is 11.2 Å². The van der Waals surface area contributed by atoms with Crippen molar-refractivity contribution in [3.8, 4) is 5.75 Å². The van der Waals surface area contributed by atoms with Crippen molar-refractivity contribution in [1.82, 2.24) is 0 Å². The van der Waals surface area contributed by atoms with E-state index in [2.05, 4.69) is 10.1 Å². The lowest BCUT2D eigenvalue weighted by Crippen LogP contribution is -2.49. The SMILES string of the molecule is Cc1c(BOC(C)(C)C(C)(C)O)cccc1NC(=O)c1ccc(OC(F)(F)F)cc1. The largest absolute Gasteiger partial charge is 0.573 e. The van der Waals surface area contributed by atoms with Gasteiger partial charge >= 0.3 is 13.8 Å². The number of aliphatic hydroxyl groups is 1. The number of anilines is 1. The van der Waals surface area contributed by atoms with E-state index in [0.717, 1.165) is 23.2 Å². The lowest BCUT2D eigenvalue weighted by Gasteiger charge is -2.37. The molecule has 2 N–H and O–H groups in total. The van der Waals surface area contributed by atoms with Crippen LogP contribution in [-0.4, -0.2) is 36.1 Å². The first-order valence-corrected chi connectivity index (χ1v) is 9.31. The molecule has 0 saturated carbocycles. The summed E-state index contributed by atoms with van der Waals surface area (Å²) in [7, 11) is 0.232. The fourth-order valence-corrected chi connectivity index (χ4v) is 2.41. The Hall–Kier alpha value is -2.52. The molecule has 0 spiro atoms. The van der Waals surface area contributed by atoms with Gasteiger partial charge in [0.2, 0.25) is 0 Å². The van der Waals surface area contributed by atoms with Crippen molar-refractivity contribution in [3.05, 3.63) is 53.6 Å². The van der Waals surface area contributed by atoms with E-state index in [4.69, 9.17) is 4.65 Å². The Bertz CT molecular complexity index is 891. The van der Waals surface area contributed by atoms with Crippen LogP contribution >= 0.6 is 0 Å². The van der Waals surface area contributed by atoms with E-state index in [1.54, 1.807) is 39.8 Å². The molecule has 0 bridgehead atoms. The monoisotopic (exact) mass is 423 g/mol. The van der Waals surface area contributed by atoms with Crippen molar-refractivity contribution in [2.24, 2.45) is 0 Å². The Morgan fingerprint density at radius 2 is 1.63 bits per heavy atom. The van der Waals surface area contributed by atoms with Gasteiger partial charge in [0.1, 0.15) is 5.75 Å². The summed E-state index contributed by atoms with van der Waals surface area (Å²) in [6, 6.07) is 10.0. The topological polar surface area (TPSA) is 67.8 Å². The van der Waals surface area contributed by atoms with E-state index in [1.807, 2.05) is 13.0 Å². The third kappa shape index (κ3) is 6.24. The summed E-state index contributed by atoms with van der Waals surface area (Å²) in [5, 5.41) is 13.0. The number of benzene rings is 2. The van der Waals surface area contributed by atoms with Crippen LogP contribution in [0.4, 0.5) is 18.9 Å².